The normalized spacial score (nSPS) is 14.7. The van der Waals surface area contributed by atoms with Gasteiger partial charge in [-0.05, 0) is 55.5 Å². The van der Waals surface area contributed by atoms with E-state index in [1.165, 1.54) is 69.0 Å². The lowest BCUT2D eigenvalue weighted by Crippen LogP contribution is -1.95. The highest BCUT2D eigenvalue weighted by molar-refractivity contribution is 6.11. The van der Waals surface area contributed by atoms with Gasteiger partial charge in [0.2, 0.25) is 0 Å². The van der Waals surface area contributed by atoms with Gasteiger partial charge in [-0.25, -0.2) is 4.99 Å². The van der Waals surface area contributed by atoms with Crippen molar-refractivity contribution >= 4 is 11.8 Å². The van der Waals surface area contributed by atoms with Crippen molar-refractivity contribution in [3.63, 3.8) is 0 Å². The lowest BCUT2D eigenvalue weighted by Gasteiger charge is -2.05. The Morgan fingerprint density at radius 3 is 2.36 bits per heavy atom. The standard InChI is InChI=1S/C29H43N3O/c1-4-7-8-9-10-11-12-13-14-16-23-20-24(31-25(23)6-3)21-28-29(33-19-5-2)22-27(32-28)26-17-15-18-30-26/h15,17-18,20-22,30-31H,4-14,16,19H2,1-3H3. The van der Waals surface area contributed by atoms with Gasteiger partial charge >= 0.3 is 0 Å². The molecule has 0 unspecified atom stereocenters. The van der Waals surface area contributed by atoms with Gasteiger partial charge in [-0.2, -0.15) is 0 Å². The number of aliphatic imine (C=N–C) groups is 1. The fourth-order valence-electron chi connectivity index (χ4n) is 4.43. The van der Waals surface area contributed by atoms with Crippen LogP contribution in [0.15, 0.2) is 46.9 Å². The predicted octanol–water partition coefficient (Wildman–Crippen LogP) is 8.13. The number of aromatic amines is 2. The first kappa shape index (κ1) is 25.1. The molecular weight excluding hydrogens is 406 g/mol. The smallest absolute Gasteiger partial charge is 0.147 e. The van der Waals surface area contributed by atoms with Crippen molar-refractivity contribution in [2.24, 2.45) is 4.99 Å². The molecule has 4 heteroatoms. The summed E-state index contributed by atoms with van der Waals surface area (Å²) in [5.74, 6) is 0.856. The van der Waals surface area contributed by atoms with Crippen molar-refractivity contribution in [2.45, 2.75) is 97.8 Å². The first-order valence-corrected chi connectivity index (χ1v) is 13.2. The molecule has 0 fully saturated rings. The Bertz CT molecular complexity index is 915. The van der Waals surface area contributed by atoms with E-state index in [4.69, 9.17) is 9.73 Å². The number of hydrogen-bond acceptors (Lipinski definition) is 2. The van der Waals surface area contributed by atoms with Crippen LogP contribution in [0.3, 0.4) is 0 Å². The molecule has 180 valence electrons. The minimum absolute atomic E-state index is 0.700. The fraction of sp³-hybridized carbons (Fsp3) is 0.552. The number of allylic oxidation sites excluding steroid dienone is 1. The quantitative estimate of drug-likeness (QED) is 0.250. The van der Waals surface area contributed by atoms with Crippen LogP contribution in [0.25, 0.3) is 6.08 Å². The van der Waals surface area contributed by atoms with Crippen molar-refractivity contribution in [2.75, 3.05) is 6.61 Å². The second kappa shape index (κ2) is 13.9. The number of aryl methyl sites for hydroxylation is 2. The molecular formula is C29H43N3O. The van der Waals surface area contributed by atoms with E-state index in [9.17, 15) is 0 Å². The average Bonchev–Trinajstić information content (AvgIpc) is 3.57. The van der Waals surface area contributed by atoms with Crippen molar-refractivity contribution in [3.05, 3.63) is 64.6 Å². The highest BCUT2D eigenvalue weighted by Crippen LogP contribution is 2.26. The topological polar surface area (TPSA) is 53.2 Å². The average molecular weight is 450 g/mol. The summed E-state index contributed by atoms with van der Waals surface area (Å²) in [6.45, 7) is 7.34. The Kier molecular flexibility index (Phi) is 10.6. The number of aromatic nitrogens is 2. The van der Waals surface area contributed by atoms with E-state index >= 15 is 0 Å². The van der Waals surface area contributed by atoms with Gasteiger partial charge in [0, 0.05) is 23.7 Å². The summed E-state index contributed by atoms with van der Waals surface area (Å²) in [7, 11) is 0. The SMILES string of the molecule is CCCCCCCCCCCc1cc(C=C2N=C(c3ccc[nH]3)C=C2OCCC)[nH]c1CC. The molecule has 1 aliphatic heterocycles. The van der Waals surface area contributed by atoms with Crippen LogP contribution in [0.2, 0.25) is 0 Å². The Labute approximate surface area is 200 Å². The molecule has 0 aliphatic carbocycles. The molecule has 2 N–H and O–H groups in total. The minimum atomic E-state index is 0.700. The maximum absolute atomic E-state index is 6.01. The van der Waals surface area contributed by atoms with Gasteiger partial charge in [-0.1, -0.05) is 72.1 Å². The van der Waals surface area contributed by atoms with Gasteiger partial charge in [0.25, 0.3) is 0 Å². The van der Waals surface area contributed by atoms with E-state index in [1.54, 1.807) is 0 Å². The van der Waals surface area contributed by atoms with Crippen LogP contribution >= 0.6 is 0 Å². The lowest BCUT2D eigenvalue weighted by molar-refractivity contribution is 0.222. The number of H-pyrrole nitrogens is 2. The van der Waals surface area contributed by atoms with E-state index in [0.717, 1.165) is 47.8 Å². The fourth-order valence-corrected chi connectivity index (χ4v) is 4.43. The number of rotatable bonds is 16. The highest BCUT2D eigenvalue weighted by Gasteiger charge is 2.18. The van der Waals surface area contributed by atoms with Gasteiger partial charge in [0.15, 0.2) is 0 Å². The molecule has 3 heterocycles. The van der Waals surface area contributed by atoms with Crippen LogP contribution in [-0.2, 0) is 17.6 Å². The zero-order valence-corrected chi connectivity index (χ0v) is 21.0. The largest absolute Gasteiger partial charge is 0.491 e. The van der Waals surface area contributed by atoms with Crippen LogP contribution in [-0.4, -0.2) is 22.3 Å². The van der Waals surface area contributed by atoms with E-state index in [-0.39, 0.29) is 0 Å². The third-order valence-electron chi connectivity index (χ3n) is 6.30. The van der Waals surface area contributed by atoms with Crippen molar-refractivity contribution < 1.29 is 4.74 Å². The van der Waals surface area contributed by atoms with E-state index in [1.807, 2.05) is 24.4 Å². The molecule has 0 radical (unpaired) electrons. The monoisotopic (exact) mass is 449 g/mol. The summed E-state index contributed by atoms with van der Waals surface area (Å²) in [5.41, 5.74) is 6.77. The van der Waals surface area contributed by atoms with Gasteiger partial charge in [-0.3, -0.25) is 0 Å². The summed E-state index contributed by atoms with van der Waals surface area (Å²) >= 11 is 0. The van der Waals surface area contributed by atoms with Gasteiger partial charge in [0.05, 0.1) is 18.0 Å². The number of hydrogen-bond donors (Lipinski definition) is 2. The van der Waals surface area contributed by atoms with Crippen LogP contribution in [0.4, 0.5) is 0 Å². The van der Waals surface area contributed by atoms with Crippen LogP contribution in [0.1, 0.15) is 108 Å². The van der Waals surface area contributed by atoms with Crippen LogP contribution < -0.4 is 0 Å². The van der Waals surface area contributed by atoms with E-state index in [0.29, 0.717) is 6.61 Å². The molecule has 0 saturated carbocycles. The zero-order valence-electron chi connectivity index (χ0n) is 21.0. The molecule has 2 aromatic heterocycles. The maximum atomic E-state index is 6.01. The Morgan fingerprint density at radius 2 is 1.70 bits per heavy atom. The molecule has 2 aromatic rings. The third kappa shape index (κ3) is 7.80. The zero-order chi connectivity index (χ0) is 23.3. The number of nitrogens with one attached hydrogen (secondary N) is 2. The predicted molar refractivity (Wildman–Crippen MR) is 141 cm³/mol. The summed E-state index contributed by atoms with van der Waals surface area (Å²) in [6.07, 6.45) is 21.6. The number of unbranched alkanes of at least 4 members (excludes halogenated alkanes) is 8. The second-order valence-electron chi connectivity index (χ2n) is 9.13. The Hall–Kier alpha value is -2.49. The Morgan fingerprint density at radius 1 is 0.939 bits per heavy atom. The van der Waals surface area contributed by atoms with Gasteiger partial charge < -0.3 is 14.7 Å². The van der Waals surface area contributed by atoms with Crippen molar-refractivity contribution in [1.29, 1.82) is 0 Å². The summed E-state index contributed by atoms with van der Waals surface area (Å²) in [6, 6.07) is 6.36. The number of ether oxygens (including phenoxy) is 1. The van der Waals surface area contributed by atoms with E-state index < -0.39 is 0 Å². The molecule has 0 bridgehead atoms. The molecule has 4 nitrogen and oxygen atoms in total. The summed E-state index contributed by atoms with van der Waals surface area (Å²) in [5, 5.41) is 0. The molecule has 33 heavy (non-hydrogen) atoms. The molecule has 0 spiro atoms. The lowest BCUT2D eigenvalue weighted by atomic mass is 10.0. The minimum Gasteiger partial charge on any atom is -0.491 e. The van der Waals surface area contributed by atoms with Crippen molar-refractivity contribution in [1.82, 2.24) is 9.97 Å². The highest BCUT2D eigenvalue weighted by atomic mass is 16.5. The van der Waals surface area contributed by atoms with E-state index in [2.05, 4.69) is 42.9 Å². The summed E-state index contributed by atoms with van der Waals surface area (Å²) < 4.78 is 6.01. The Balaban J connectivity index is 1.58. The third-order valence-corrected chi connectivity index (χ3v) is 6.30. The van der Waals surface area contributed by atoms with Crippen LogP contribution in [0, 0.1) is 0 Å². The summed E-state index contributed by atoms with van der Waals surface area (Å²) in [4.78, 5) is 11.7. The van der Waals surface area contributed by atoms with Crippen LogP contribution in [0.5, 0.6) is 0 Å². The maximum Gasteiger partial charge on any atom is 0.147 e. The van der Waals surface area contributed by atoms with Gasteiger partial charge in [-0.15, -0.1) is 0 Å². The molecule has 3 rings (SSSR count). The van der Waals surface area contributed by atoms with Crippen molar-refractivity contribution in [3.8, 4) is 0 Å². The second-order valence-corrected chi connectivity index (χ2v) is 9.13. The molecule has 0 amide bonds. The molecule has 0 aromatic carbocycles. The first-order chi connectivity index (χ1) is 16.2. The molecule has 0 saturated heterocycles. The molecule has 1 aliphatic rings. The number of nitrogens with zero attached hydrogens (tertiary/aromatic N) is 1. The molecule has 0 atom stereocenters. The first-order valence-electron chi connectivity index (χ1n) is 13.2. The van der Waals surface area contributed by atoms with Gasteiger partial charge in [0.1, 0.15) is 11.5 Å².